The van der Waals surface area contributed by atoms with E-state index in [0.29, 0.717) is 25.9 Å². The highest BCUT2D eigenvalue weighted by molar-refractivity contribution is 5.96. The second-order valence-electron chi connectivity index (χ2n) is 8.58. The minimum atomic E-state index is -0.867. The molecule has 0 aliphatic carbocycles. The van der Waals surface area contributed by atoms with Crippen molar-refractivity contribution in [1.82, 2.24) is 4.90 Å². The van der Waals surface area contributed by atoms with Crippen molar-refractivity contribution in [2.45, 2.75) is 63.6 Å². The Labute approximate surface area is 208 Å². The van der Waals surface area contributed by atoms with E-state index in [1.165, 1.54) is 4.90 Å². The number of hydrogen-bond acceptors (Lipinski definition) is 5. The molecule has 1 aliphatic rings. The number of cyclic esters (lactones) is 1. The van der Waals surface area contributed by atoms with Gasteiger partial charge in [-0.1, -0.05) is 79.7 Å². The van der Waals surface area contributed by atoms with E-state index in [4.69, 9.17) is 14.2 Å². The Morgan fingerprint density at radius 1 is 1.03 bits per heavy atom. The van der Waals surface area contributed by atoms with Crippen LogP contribution in [0.15, 0.2) is 86.0 Å². The molecule has 0 spiro atoms. The smallest absolute Gasteiger partial charge is 0.417 e. The molecule has 0 unspecified atom stereocenters. The van der Waals surface area contributed by atoms with Crippen molar-refractivity contribution in [3.05, 3.63) is 97.1 Å². The number of rotatable bonds is 14. The van der Waals surface area contributed by atoms with Gasteiger partial charge in [-0.15, -0.1) is 13.2 Å². The van der Waals surface area contributed by atoms with Crippen molar-refractivity contribution >= 4 is 12.0 Å². The maximum Gasteiger partial charge on any atom is 0.417 e. The minimum absolute atomic E-state index is 0.163. The third kappa shape index (κ3) is 7.38. The van der Waals surface area contributed by atoms with Crippen LogP contribution >= 0.6 is 0 Å². The molecule has 1 heterocycles. The topological polar surface area (TPSA) is 65.1 Å². The fraction of sp³-hybridized carbons (Fsp3) is 0.379. The summed E-state index contributed by atoms with van der Waals surface area (Å²) in [5.74, 6) is -0.410. The lowest BCUT2D eigenvalue weighted by Gasteiger charge is -2.31. The number of benzene rings is 2. The Morgan fingerprint density at radius 2 is 1.66 bits per heavy atom. The van der Waals surface area contributed by atoms with Gasteiger partial charge in [0, 0.05) is 6.42 Å². The summed E-state index contributed by atoms with van der Waals surface area (Å²) in [6.45, 7) is 10.2. The second-order valence-corrected chi connectivity index (χ2v) is 8.58. The molecule has 1 fully saturated rings. The van der Waals surface area contributed by atoms with E-state index in [2.05, 4.69) is 13.2 Å². The summed E-state index contributed by atoms with van der Waals surface area (Å²) in [4.78, 5) is 27.3. The first-order valence-electron chi connectivity index (χ1n) is 12.1. The fourth-order valence-corrected chi connectivity index (χ4v) is 4.21. The molecule has 0 radical (unpaired) electrons. The van der Waals surface area contributed by atoms with Crippen LogP contribution in [0.2, 0.25) is 0 Å². The Kier molecular flexibility index (Phi) is 10.3. The van der Waals surface area contributed by atoms with Gasteiger partial charge in [-0.05, 0) is 30.4 Å². The van der Waals surface area contributed by atoms with Crippen molar-refractivity contribution in [3.63, 3.8) is 0 Å². The first kappa shape index (κ1) is 26.4. The molecule has 6 nitrogen and oxygen atoms in total. The van der Waals surface area contributed by atoms with Crippen LogP contribution in [0.3, 0.4) is 0 Å². The van der Waals surface area contributed by atoms with Crippen LogP contribution in [0.4, 0.5) is 4.79 Å². The summed E-state index contributed by atoms with van der Waals surface area (Å²) < 4.78 is 17.8. The zero-order valence-corrected chi connectivity index (χ0v) is 20.4. The normalized spacial score (nSPS) is 17.9. The van der Waals surface area contributed by atoms with Crippen LogP contribution in [0.1, 0.15) is 37.3 Å². The van der Waals surface area contributed by atoms with Gasteiger partial charge in [0.25, 0.3) is 5.91 Å². The lowest BCUT2D eigenvalue weighted by atomic mass is 10.0. The predicted octanol–water partition coefficient (Wildman–Crippen LogP) is 5.48. The Morgan fingerprint density at radius 3 is 2.26 bits per heavy atom. The number of hydrogen-bond donors (Lipinski definition) is 0. The van der Waals surface area contributed by atoms with Crippen LogP contribution in [0.25, 0.3) is 0 Å². The molecule has 186 valence electrons. The largest absolute Gasteiger partial charge is 0.447 e. The highest BCUT2D eigenvalue weighted by Gasteiger charge is 2.42. The second kappa shape index (κ2) is 13.6. The van der Waals surface area contributed by atoms with Crippen LogP contribution in [0, 0.1) is 0 Å². The van der Waals surface area contributed by atoms with Gasteiger partial charge in [-0.2, -0.15) is 0 Å². The quantitative estimate of drug-likeness (QED) is 0.337. The first-order chi connectivity index (χ1) is 17.1. The molecule has 0 aromatic heterocycles. The zero-order chi connectivity index (χ0) is 25.0. The van der Waals surface area contributed by atoms with Gasteiger partial charge in [0.2, 0.25) is 0 Å². The molecule has 4 atom stereocenters. The first-order valence-corrected chi connectivity index (χ1v) is 12.1. The number of nitrogens with zero attached hydrogens (tertiary/aromatic N) is 1. The van der Waals surface area contributed by atoms with Gasteiger partial charge in [0.15, 0.2) is 0 Å². The molecular weight excluding hydrogens is 442 g/mol. The summed E-state index contributed by atoms with van der Waals surface area (Å²) in [7, 11) is 0. The lowest BCUT2D eigenvalue weighted by Crippen LogP contribution is -2.48. The van der Waals surface area contributed by atoms with Gasteiger partial charge in [0.05, 0.1) is 24.9 Å². The van der Waals surface area contributed by atoms with E-state index < -0.39 is 18.1 Å². The van der Waals surface area contributed by atoms with Crippen LogP contribution in [-0.2, 0) is 32.0 Å². The summed E-state index contributed by atoms with van der Waals surface area (Å²) in [6, 6.07) is 19.3. The molecule has 35 heavy (non-hydrogen) atoms. The number of carbonyl (C=O) groups is 2. The average Bonchev–Trinajstić information content (AvgIpc) is 3.25. The van der Waals surface area contributed by atoms with E-state index in [0.717, 1.165) is 11.1 Å². The monoisotopic (exact) mass is 477 g/mol. The number of carbonyl (C=O) groups excluding carboxylic acids is 2. The molecule has 6 heteroatoms. The van der Waals surface area contributed by atoms with Crippen LogP contribution < -0.4 is 0 Å². The van der Waals surface area contributed by atoms with E-state index in [9.17, 15) is 9.59 Å². The van der Waals surface area contributed by atoms with Gasteiger partial charge in [-0.25, -0.2) is 9.69 Å². The molecule has 2 aromatic rings. The maximum absolute atomic E-state index is 13.5. The number of amides is 2. The summed E-state index contributed by atoms with van der Waals surface area (Å²) in [5.41, 5.74) is 2.08. The third-order valence-corrected chi connectivity index (χ3v) is 6.03. The van der Waals surface area contributed by atoms with Crippen molar-refractivity contribution in [2.24, 2.45) is 0 Å². The van der Waals surface area contributed by atoms with Crippen LogP contribution in [0.5, 0.6) is 0 Å². The van der Waals surface area contributed by atoms with Gasteiger partial charge < -0.3 is 14.2 Å². The molecule has 1 aliphatic heterocycles. The minimum Gasteiger partial charge on any atom is -0.447 e. The highest BCUT2D eigenvalue weighted by Crippen LogP contribution is 2.23. The SMILES string of the molecule is C=CC[C@H](O[C@H](CC)[C@@H](CC=C)OCc1ccccc1)C(=O)N1C(=O)OC[C@H]1Cc1ccccc1. The molecule has 0 bridgehead atoms. The number of ether oxygens (including phenoxy) is 3. The average molecular weight is 478 g/mol. The molecule has 0 saturated carbocycles. The highest BCUT2D eigenvalue weighted by atomic mass is 16.6. The molecule has 1 saturated heterocycles. The maximum atomic E-state index is 13.5. The molecule has 3 rings (SSSR count). The van der Waals surface area contributed by atoms with E-state index in [1.54, 1.807) is 12.2 Å². The summed E-state index contributed by atoms with van der Waals surface area (Å²) >= 11 is 0. The van der Waals surface area contributed by atoms with E-state index in [1.807, 2.05) is 67.6 Å². The van der Waals surface area contributed by atoms with Crippen molar-refractivity contribution in [2.75, 3.05) is 6.61 Å². The van der Waals surface area contributed by atoms with Crippen molar-refractivity contribution < 1.29 is 23.8 Å². The molecular formula is C29H35NO5. The zero-order valence-electron chi connectivity index (χ0n) is 20.4. The standard InChI is InChI=1S/C29H35NO5/c1-4-13-26(33-20-23-17-11-8-12-18-23)25(6-3)35-27(14-5-2)28(31)30-24(21-34-29(30)32)19-22-15-9-7-10-16-22/h4-5,7-12,15-18,24-27H,1-2,6,13-14,19-21H2,3H3/t24-,25-,26-,27+/m1/s1. The predicted molar refractivity (Wildman–Crippen MR) is 136 cm³/mol. The van der Waals surface area contributed by atoms with Crippen LogP contribution in [-0.4, -0.2) is 47.9 Å². The Hall–Kier alpha value is -3.22. The van der Waals surface area contributed by atoms with E-state index >= 15 is 0 Å². The van der Waals surface area contributed by atoms with Crippen molar-refractivity contribution in [3.8, 4) is 0 Å². The molecule has 2 aromatic carbocycles. The Balaban J connectivity index is 1.72. The Bertz CT molecular complexity index is 962. The van der Waals surface area contributed by atoms with Crippen molar-refractivity contribution in [1.29, 1.82) is 0 Å². The van der Waals surface area contributed by atoms with E-state index in [-0.39, 0.29) is 31.3 Å². The summed E-state index contributed by atoms with van der Waals surface area (Å²) in [6.07, 6.45) is 3.27. The third-order valence-electron chi connectivity index (χ3n) is 6.03. The van der Waals surface area contributed by atoms with Gasteiger partial charge in [-0.3, -0.25) is 4.79 Å². The number of imide groups is 1. The summed E-state index contributed by atoms with van der Waals surface area (Å²) in [5, 5.41) is 0. The fourth-order valence-electron chi connectivity index (χ4n) is 4.21. The molecule has 2 amide bonds. The lowest BCUT2D eigenvalue weighted by molar-refractivity contribution is -0.154. The molecule has 0 N–H and O–H groups in total. The van der Waals surface area contributed by atoms with Gasteiger partial charge >= 0.3 is 6.09 Å². The van der Waals surface area contributed by atoms with Gasteiger partial charge in [0.1, 0.15) is 12.7 Å².